The number of nitrogens with zero attached hydrogens (tertiary/aromatic N) is 1. The second-order valence-electron chi connectivity index (χ2n) is 6.87. The molecule has 1 saturated carbocycles. The Morgan fingerprint density at radius 3 is 2.26 bits per heavy atom. The van der Waals surface area contributed by atoms with Crippen LogP contribution in [0.5, 0.6) is 0 Å². The van der Waals surface area contributed by atoms with Gasteiger partial charge >= 0.3 is 0 Å². The van der Waals surface area contributed by atoms with E-state index in [-0.39, 0.29) is 0 Å². The van der Waals surface area contributed by atoms with E-state index in [2.05, 4.69) is 45.0 Å². The molecule has 0 amide bonds. The van der Waals surface area contributed by atoms with Gasteiger partial charge in [-0.25, -0.2) is 0 Å². The van der Waals surface area contributed by atoms with Crippen LogP contribution in [0, 0.1) is 5.92 Å². The number of hydrogen-bond acceptors (Lipinski definition) is 2. The summed E-state index contributed by atoms with van der Waals surface area (Å²) in [5.74, 6) is 0.795. The molecule has 2 heteroatoms. The normalized spacial score (nSPS) is 27.3. The smallest absolute Gasteiger partial charge is 0.0249 e. The van der Waals surface area contributed by atoms with Gasteiger partial charge in [0.15, 0.2) is 0 Å². The monoisotopic (exact) mass is 268 g/mol. The molecule has 0 aliphatic heterocycles. The summed E-state index contributed by atoms with van der Waals surface area (Å²) >= 11 is 0. The molecule has 0 aromatic carbocycles. The van der Waals surface area contributed by atoms with Crippen LogP contribution in [0.2, 0.25) is 0 Å². The molecule has 1 aliphatic carbocycles. The van der Waals surface area contributed by atoms with Crippen molar-refractivity contribution in [3.8, 4) is 0 Å². The van der Waals surface area contributed by atoms with Crippen molar-refractivity contribution in [1.82, 2.24) is 10.2 Å². The minimum Gasteiger partial charge on any atom is -0.313 e. The van der Waals surface area contributed by atoms with Crippen molar-refractivity contribution in [2.45, 2.75) is 90.8 Å². The highest BCUT2D eigenvalue weighted by molar-refractivity contribution is 4.86. The number of rotatable bonds is 6. The van der Waals surface area contributed by atoms with Gasteiger partial charge in [0, 0.05) is 18.1 Å². The molecule has 1 aliphatic rings. The Morgan fingerprint density at radius 2 is 1.68 bits per heavy atom. The zero-order chi connectivity index (χ0) is 14.3. The van der Waals surface area contributed by atoms with Gasteiger partial charge in [0.25, 0.3) is 0 Å². The lowest BCUT2D eigenvalue weighted by Crippen LogP contribution is -2.52. The Labute approximate surface area is 121 Å². The SMILES string of the molecule is CCNC1CCCCCCC1N(C)C(C)CC(C)C. The number of hydrogen-bond donors (Lipinski definition) is 1. The second kappa shape index (κ2) is 8.97. The van der Waals surface area contributed by atoms with Gasteiger partial charge in [0.1, 0.15) is 0 Å². The van der Waals surface area contributed by atoms with Crippen molar-refractivity contribution in [2.75, 3.05) is 13.6 Å². The highest BCUT2D eigenvalue weighted by Crippen LogP contribution is 2.24. The predicted molar refractivity (Wildman–Crippen MR) is 85.6 cm³/mol. The Hall–Kier alpha value is -0.0800. The van der Waals surface area contributed by atoms with Crippen molar-refractivity contribution in [3.05, 3.63) is 0 Å². The van der Waals surface area contributed by atoms with Crippen LogP contribution < -0.4 is 5.32 Å². The Morgan fingerprint density at radius 1 is 1.05 bits per heavy atom. The molecule has 2 nitrogen and oxygen atoms in total. The van der Waals surface area contributed by atoms with Gasteiger partial charge in [-0.15, -0.1) is 0 Å². The lowest BCUT2D eigenvalue weighted by atomic mass is 9.90. The molecule has 0 aromatic rings. The van der Waals surface area contributed by atoms with Crippen molar-refractivity contribution in [2.24, 2.45) is 5.92 Å². The summed E-state index contributed by atoms with van der Waals surface area (Å²) in [6.07, 6.45) is 9.72. The average Bonchev–Trinajstić information content (AvgIpc) is 2.31. The standard InChI is InChI=1S/C17H36N2/c1-6-18-16-11-9-7-8-10-12-17(16)19(5)15(4)13-14(2)3/h14-18H,6-13H2,1-5H3. The molecule has 114 valence electrons. The van der Waals surface area contributed by atoms with Crippen LogP contribution in [0.1, 0.15) is 72.6 Å². The van der Waals surface area contributed by atoms with E-state index in [1.165, 1.54) is 44.9 Å². The van der Waals surface area contributed by atoms with Gasteiger partial charge in [0.2, 0.25) is 0 Å². The maximum atomic E-state index is 3.75. The van der Waals surface area contributed by atoms with E-state index in [1.807, 2.05) is 0 Å². The first-order valence-electron chi connectivity index (χ1n) is 8.51. The first-order chi connectivity index (χ1) is 9.06. The van der Waals surface area contributed by atoms with E-state index < -0.39 is 0 Å². The van der Waals surface area contributed by atoms with Gasteiger partial charge in [-0.2, -0.15) is 0 Å². The number of nitrogens with one attached hydrogen (secondary N) is 1. The van der Waals surface area contributed by atoms with E-state index in [1.54, 1.807) is 0 Å². The average molecular weight is 268 g/mol. The Kier molecular flexibility index (Phi) is 8.01. The molecule has 3 unspecified atom stereocenters. The fourth-order valence-corrected chi connectivity index (χ4v) is 3.63. The van der Waals surface area contributed by atoms with Crippen LogP contribution >= 0.6 is 0 Å². The molecule has 19 heavy (non-hydrogen) atoms. The molecular formula is C17H36N2. The first-order valence-corrected chi connectivity index (χ1v) is 8.51. The third kappa shape index (κ3) is 5.83. The molecule has 1 fully saturated rings. The van der Waals surface area contributed by atoms with Crippen LogP contribution in [0.4, 0.5) is 0 Å². The van der Waals surface area contributed by atoms with E-state index in [4.69, 9.17) is 0 Å². The van der Waals surface area contributed by atoms with Crippen molar-refractivity contribution in [3.63, 3.8) is 0 Å². The molecule has 1 rings (SSSR count). The zero-order valence-corrected chi connectivity index (χ0v) is 13.9. The molecule has 0 bridgehead atoms. The highest BCUT2D eigenvalue weighted by atomic mass is 15.2. The third-order valence-electron chi connectivity index (χ3n) is 4.73. The van der Waals surface area contributed by atoms with Gasteiger partial charge in [0.05, 0.1) is 0 Å². The maximum absolute atomic E-state index is 3.75. The fraction of sp³-hybridized carbons (Fsp3) is 1.00. The quantitative estimate of drug-likeness (QED) is 0.781. The molecule has 1 N–H and O–H groups in total. The highest BCUT2D eigenvalue weighted by Gasteiger charge is 2.28. The molecule has 0 spiro atoms. The van der Waals surface area contributed by atoms with E-state index >= 15 is 0 Å². The van der Waals surface area contributed by atoms with Gasteiger partial charge in [-0.3, -0.25) is 4.90 Å². The minimum atomic E-state index is 0.699. The third-order valence-corrected chi connectivity index (χ3v) is 4.73. The van der Waals surface area contributed by atoms with Crippen LogP contribution in [0.25, 0.3) is 0 Å². The largest absolute Gasteiger partial charge is 0.313 e. The van der Waals surface area contributed by atoms with E-state index in [0.29, 0.717) is 12.1 Å². The van der Waals surface area contributed by atoms with Crippen LogP contribution in [0.15, 0.2) is 0 Å². The van der Waals surface area contributed by atoms with Crippen molar-refractivity contribution in [1.29, 1.82) is 0 Å². The van der Waals surface area contributed by atoms with Crippen LogP contribution in [-0.2, 0) is 0 Å². The van der Waals surface area contributed by atoms with E-state index in [9.17, 15) is 0 Å². The predicted octanol–water partition coefficient (Wildman–Crippen LogP) is 4.05. The minimum absolute atomic E-state index is 0.699. The molecule has 0 heterocycles. The second-order valence-corrected chi connectivity index (χ2v) is 6.87. The summed E-state index contributed by atoms with van der Waals surface area (Å²) in [5.41, 5.74) is 0. The van der Waals surface area contributed by atoms with Gasteiger partial charge in [-0.05, 0) is 45.7 Å². The van der Waals surface area contributed by atoms with Crippen molar-refractivity contribution >= 4 is 0 Å². The van der Waals surface area contributed by atoms with Crippen molar-refractivity contribution < 1.29 is 0 Å². The molecule has 0 aromatic heterocycles. The summed E-state index contributed by atoms with van der Waals surface area (Å²) in [6.45, 7) is 10.4. The lowest BCUT2D eigenvalue weighted by Gasteiger charge is -2.40. The molecule has 0 radical (unpaired) electrons. The molecule has 3 atom stereocenters. The Bertz CT molecular complexity index is 227. The lowest BCUT2D eigenvalue weighted by molar-refractivity contribution is 0.113. The zero-order valence-electron chi connectivity index (χ0n) is 13.9. The first kappa shape index (κ1) is 17.0. The van der Waals surface area contributed by atoms with Gasteiger partial charge < -0.3 is 5.32 Å². The van der Waals surface area contributed by atoms with E-state index in [0.717, 1.165) is 18.5 Å². The van der Waals surface area contributed by atoms with Gasteiger partial charge in [-0.1, -0.05) is 46.5 Å². The number of likely N-dealkylation sites (N-methyl/N-ethyl adjacent to an activating group) is 2. The maximum Gasteiger partial charge on any atom is 0.0249 e. The molecular weight excluding hydrogens is 232 g/mol. The topological polar surface area (TPSA) is 15.3 Å². The Balaban J connectivity index is 2.65. The summed E-state index contributed by atoms with van der Waals surface area (Å²) in [4.78, 5) is 2.67. The van der Waals surface area contributed by atoms with Crippen LogP contribution in [-0.4, -0.2) is 36.6 Å². The summed E-state index contributed by atoms with van der Waals surface area (Å²) in [5, 5.41) is 3.75. The summed E-state index contributed by atoms with van der Waals surface area (Å²) < 4.78 is 0. The summed E-state index contributed by atoms with van der Waals surface area (Å²) in [6, 6.07) is 2.13. The fourth-order valence-electron chi connectivity index (χ4n) is 3.63. The van der Waals surface area contributed by atoms with Crippen LogP contribution in [0.3, 0.4) is 0 Å². The summed E-state index contributed by atoms with van der Waals surface area (Å²) in [7, 11) is 2.35. The molecule has 0 saturated heterocycles.